The fraction of sp³-hybridized carbons (Fsp3) is 0.294. The minimum Gasteiger partial charge on any atom is -0.347 e. The lowest BCUT2D eigenvalue weighted by Gasteiger charge is -2.20. The van der Waals surface area contributed by atoms with Crippen LogP contribution in [-0.4, -0.2) is 16.4 Å². The predicted octanol–water partition coefficient (Wildman–Crippen LogP) is 4.42. The van der Waals surface area contributed by atoms with Gasteiger partial charge in [-0.2, -0.15) is 0 Å². The molecule has 0 saturated carbocycles. The highest BCUT2D eigenvalue weighted by Crippen LogP contribution is 2.22. The Hall–Kier alpha value is -1.88. The van der Waals surface area contributed by atoms with Crippen LogP contribution in [0.1, 0.15) is 36.7 Å². The molecule has 0 spiro atoms. The lowest BCUT2D eigenvalue weighted by atomic mass is 10.1. The number of rotatable bonds is 3. The van der Waals surface area contributed by atoms with Crippen molar-refractivity contribution in [3.05, 3.63) is 52.1 Å². The molecule has 0 radical (unpaired) electrons. The van der Waals surface area contributed by atoms with Crippen LogP contribution in [0.25, 0.3) is 0 Å². The van der Waals surface area contributed by atoms with Gasteiger partial charge in [0.1, 0.15) is 5.82 Å². The van der Waals surface area contributed by atoms with Crippen molar-refractivity contribution in [1.82, 2.24) is 10.3 Å². The number of anilines is 2. The molecule has 0 saturated heterocycles. The van der Waals surface area contributed by atoms with Crippen LogP contribution in [-0.2, 0) is 0 Å². The number of nitrogens with one attached hydrogen (secondary N) is 2. The zero-order chi connectivity index (χ0) is 16.3. The van der Waals surface area contributed by atoms with Gasteiger partial charge >= 0.3 is 0 Å². The molecule has 2 aromatic rings. The SMILES string of the molecule is Cc1cc(Nc2ccc(C(=O)NC(C)(C)C)cn2)ccc1Br. The fourth-order valence-electron chi connectivity index (χ4n) is 1.89. The Morgan fingerprint density at radius 3 is 2.45 bits per heavy atom. The maximum absolute atomic E-state index is 12.0. The predicted molar refractivity (Wildman–Crippen MR) is 93.6 cm³/mol. The van der Waals surface area contributed by atoms with Crippen LogP contribution in [0.4, 0.5) is 11.5 Å². The van der Waals surface area contributed by atoms with Crippen LogP contribution in [0.5, 0.6) is 0 Å². The largest absolute Gasteiger partial charge is 0.347 e. The Kier molecular flexibility index (Phi) is 4.86. The van der Waals surface area contributed by atoms with Crippen molar-refractivity contribution in [1.29, 1.82) is 0 Å². The molecule has 0 fully saturated rings. The van der Waals surface area contributed by atoms with Gasteiger partial charge in [0, 0.05) is 21.9 Å². The van der Waals surface area contributed by atoms with Gasteiger partial charge in [-0.05, 0) is 63.6 Å². The van der Waals surface area contributed by atoms with E-state index in [1.807, 2.05) is 45.9 Å². The number of nitrogens with zero attached hydrogens (tertiary/aromatic N) is 1. The number of aryl methyl sites for hydroxylation is 1. The third-order valence-electron chi connectivity index (χ3n) is 2.94. The summed E-state index contributed by atoms with van der Waals surface area (Å²) in [4.78, 5) is 16.3. The van der Waals surface area contributed by atoms with Gasteiger partial charge in [-0.15, -0.1) is 0 Å². The summed E-state index contributed by atoms with van der Waals surface area (Å²) in [5.74, 6) is 0.583. The average molecular weight is 362 g/mol. The molecule has 1 heterocycles. The first-order chi connectivity index (χ1) is 10.2. The Balaban J connectivity index is 2.08. The van der Waals surface area contributed by atoms with E-state index in [0.29, 0.717) is 11.4 Å². The normalized spacial score (nSPS) is 11.1. The first-order valence-electron chi connectivity index (χ1n) is 7.06. The van der Waals surface area contributed by atoms with Gasteiger partial charge in [0.2, 0.25) is 0 Å². The molecular weight excluding hydrogens is 342 g/mol. The summed E-state index contributed by atoms with van der Waals surface area (Å²) in [6, 6.07) is 9.56. The standard InChI is InChI=1S/C17H20BrN3O/c1-11-9-13(6-7-14(11)18)20-15-8-5-12(10-19-15)16(22)21-17(2,3)4/h5-10H,1-4H3,(H,19,20)(H,21,22). The zero-order valence-electron chi connectivity index (χ0n) is 13.2. The van der Waals surface area contributed by atoms with E-state index in [1.165, 1.54) is 0 Å². The van der Waals surface area contributed by atoms with E-state index in [4.69, 9.17) is 0 Å². The lowest BCUT2D eigenvalue weighted by Crippen LogP contribution is -2.40. The van der Waals surface area contributed by atoms with Crippen LogP contribution in [0.15, 0.2) is 41.0 Å². The molecule has 2 rings (SSSR count). The topological polar surface area (TPSA) is 54.0 Å². The second kappa shape index (κ2) is 6.48. The zero-order valence-corrected chi connectivity index (χ0v) is 14.8. The number of aromatic nitrogens is 1. The van der Waals surface area contributed by atoms with Crippen LogP contribution >= 0.6 is 15.9 Å². The maximum atomic E-state index is 12.0. The Labute approximate surface area is 139 Å². The molecule has 0 aliphatic carbocycles. The maximum Gasteiger partial charge on any atom is 0.253 e. The van der Waals surface area contributed by atoms with Crippen molar-refractivity contribution >= 4 is 33.3 Å². The molecule has 4 nitrogen and oxygen atoms in total. The summed E-state index contributed by atoms with van der Waals surface area (Å²) in [6.07, 6.45) is 1.58. The highest BCUT2D eigenvalue weighted by Gasteiger charge is 2.15. The molecule has 5 heteroatoms. The van der Waals surface area contributed by atoms with Crippen LogP contribution in [0, 0.1) is 6.92 Å². The molecule has 1 amide bonds. The van der Waals surface area contributed by atoms with Gasteiger partial charge in [0.25, 0.3) is 5.91 Å². The van der Waals surface area contributed by atoms with Gasteiger partial charge in [-0.3, -0.25) is 4.79 Å². The van der Waals surface area contributed by atoms with E-state index < -0.39 is 0 Å². The summed E-state index contributed by atoms with van der Waals surface area (Å²) in [5.41, 5.74) is 2.39. The summed E-state index contributed by atoms with van der Waals surface area (Å²) in [7, 11) is 0. The number of hydrogen-bond acceptors (Lipinski definition) is 3. The van der Waals surface area contributed by atoms with Gasteiger partial charge < -0.3 is 10.6 Å². The van der Waals surface area contributed by atoms with Crippen molar-refractivity contribution < 1.29 is 4.79 Å². The molecule has 2 N–H and O–H groups in total. The van der Waals surface area contributed by atoms with Crippen molar-refractivity contribution in [2.75, 3.05) is 5.32 Å². The molecule has 22 heavy (non-hydrogen) atoms. The number of pyridine rings is 1. The van der Waals surface area contributed by atoms with Crippen molar-refractivity contribution in [2.24, 2.45) is 0 Å². The molecular formula is C17H20BrN3O. The lowest BCUT2D eigenvalue weighted by molar-refractivity contribution is 0.0919. The molecule has 0 unspecified atom stereocenters. The number of benzene rings is 1. The van der Waals surface area contributed by atoms with Gasteiger partial charge in [-0.25, -0.2) is 4.98 Å². The van der Waals surface area contributed by atoms with Crippen LogP contribution in [0.2, 0.25) is 0 Å². The van der Waals surface area contributed by atoms with E-state index in [-0.39, 0.29) is 11.4 Å². The van der Waals surface area contributed by atoms with Crippen LogP contribution < -0.4 is 10.6 Å². The fourth-order valence-corrected chi connectivity index (χ4v) is 2.13. The number of amides is 1. The molecule has 1 aromatic heterocycles. The smallest absolute Gasteiger partial charge is 0.253 e. The van der Waals surface area contributed by atoms with Crippen molar-refractivity contribution in [3.63, 3.8) is 0 Å². The number of carbonyl (C=O) groups excluding carboxylic acids is 1. The molecule has 0 aliphatic heterocycles. The molecule has 116 valence electrons. The minimum absolute atomic E-state index is 0.119. The first-order valence-corrected chi connectivity index (χ1v) is 7.86. The third kappa shape index (κ3) is 4.56. The van der Waals surface area contributed by atoms with E-state index in [1.54, 1.807) is 18.3 Å². The second-order valence-corrected chi connectivity index (χ2v) is 7.08. The molecule has 0 aliphatic rings. The Morgan fingerprint density at radius 2 is 1.91 bits per heavy atom. The Morgan fingerprint density at radius 1 is 1.18 bits per heavy atom. The van der Waals surface area contributed by atoms with E-state index in [9.17, 15) is 4.79 Å². The molecule has 1 aromatic carbocycles. The van der Waals surface area contributed by atoms with Gasteiger partial charge in [0.15, 0.2) is 0 Å². The monoisotopic (exact) mass is 361 g/mol. The second-order valence-electron chi connectivity index (χ2n) is 6.23. The summed E-state index contributed by atoms with van der Waals surface area (Å²) >= 11 is 3.48. The summed E-state index contributed by atoms with van der Waals surface area (Å²) < 4.78 is 1.07. The van der Waals surface area contributed by atoms with Gasteiger partial charge in [0.05, 0.1) is 5.56 Å². The first kappa shape index (κ1) is 16.5. The summed E-state index contributed by atoms with van der Waals surface area (Å²) in [5, 5.41) is 6.14. The quantitative estimate of drug-likeness (QED) is 0.850. The van der Waals surface area contributed by atoms with E-state index >= 15 is 0 Å². The van der Waals surface area contributed by atoms with E-state index in [2.05, 4.69) is 31.5 Å². The van der Waals surface area contributed by atoms with E-state index in [0.717, 1.165) is 15.7 Å². The minimum atomic E-state index is -0.261. The van der Waals surface area contributed by atoms with Crippen LogP contribution in [0.3, 0.4) is 0 Å². The highest BCUT2D eigenvalue weighted by atomic mass is 79.9. The van der Waals surface area contributed by atoms with Gasteiger partial charge in [-0.1, -0.05) is 15.9 Å². The molecule has 0 bridgehead atoms. The van der Waals surface area contributed by atoms with Crippen molar-refractivity contribution in [2.45, 2.75) is 33.2 Å². The summed E-state index contributed by atoms with van der Waals surface area (Å²) in [6.45, 7) is 7.88. The highest BCUT2D eigenvalue weighted by molar-refractivity contribution is 9.10. The third-order valence-corrected chi connectivity index (χ3v) is 3.83. The average Bonchev–Trinajstić information content (AvgIpc) is 2.42. The Bertz CT molecular complexity index is 675. The molecule has 0 atom stereocenters. The van der Waals surface area contributed by atoms with Crippen molar-refractivity contribution in [3.8, 4) is 0 Å². The number of hydrogen-bond donors (Lipinski definition) is 2. The number of carbonyl (C=O) groups is 1. The number of halogens is 1.